The Kier molecular flexibility index (Phi) is 2.88. The van der Waals surface area contributed by atoms with Crippen molar-refractivity contribution < 1.29 is 19.6 Å². The van der Waals surface area contributed by atoms with Gasteiger partial charge in [-0.15, -0.1) is 0 Å². The molecule has 6 nitrogen and oxygen atoms in total. The second kappa shape index (κ2) is 4.18. The smallest absolute Gasteiger partial charge is 0.324 e. The van der Waals surface area contributed by atoms with Crippen molar-refractivity contribution in [2.24, 2.45) is 5.92 Å². The lowest BCUT2D eigenvalue weighted by molar-refractivity contribution is -0.380. The van der Waals surface area contributed by atoms with Crippen molar-refractivity contribution in [3.05, 3.63) is 27.1 Å². The molecule has 2 atom stereocenters. The van der Waals surface area contributed by atoms with Gasteiger partial charge in [0.2, 0.25) is 0 Å². The quantitative estimate of drug-likeness (QED) is 0.646. The van der Waals surface area contributed by atoms with Crippen molar-refractivity contribution in [1.29, 1.82) is 0 Å². The number of ether oxygens (including phenoxy) is 1. The fourth-order valence-electron chi connectivity index (χ4n) is 1.75. The Morgan fingerprint density at radius 1 is 1.69 bits per heavy atom. The summed E-state index contributed by atoms with van der Waals surface area (Å²) in [5.74, 6) is -1.52. The summed E-state index contributed by atoms with van der Waals surface area (Å²) in [5, 5.41) is 21.1. The Balaban J connectivity index is 2.22. The summed E-state index contributed by atoms with van der Waals surface area (Å²) in [4.78, 5) is 20.9. The number of thiophene rings is 1. The standard InChI is InChI=1S/C9H9NO5S/c11-9(12)6-1-2-15-8(6)5-3-7(10(13)14)16-4-5/h3-4,6,8H,1-2H2,(H,11,12). The molecule has 2 rings (SSSR count). The fraction of sp³-hybridized carbons (Fsp3) is 0.444. The van der Waals surface area contributed by atoms with E-state index in [4.69, 9.17) is 9.84 Å². The first-order chi connectivity index (χ1) is 7.59. The van der Waals surface area contributed by atoms with E-state index in [2.05, 4.69) is 0 Å². The van der Waals surface area contributed by atoms with E-state index in [1.165, 1.54) is 6.07 Å². The second-order valence-electron chi connectivity index (χ2n) is 3.50. The molecule has 2 heterocycles. The van der Waals surface area contributed by atoms with E-state index in [9.17, 15) is 14.9 Å². The molecule has 1 saturated heterocycles. The number of aliphatic carboxylic acids is 1. The van der Waals surface area contributed by atoms with Gasteiger partial charge < -0.3 is 9.84 Å². The molecule has 16 heavy (non-hydrogen) atoms. The summed E-state index contributed by atoms with van der Waals surface area (Å²) in [6.45, 7) is 0.380. The first-order valence-electron chi connectivity index (χ1n) is 4.67. The maximum absolute atomic E-state index is 10.9. The number of carboxylic acids is 1. The average Bonchev–Trinajstić information content (AvgIpc) is 2.86. The number of carbonyl (C=O) groups is 1. The Bertz CT molecular complexity index is 429. The molecule has 1 N–H and O–H groups in total. The first-order valence-corrected chi connectivity index (χ1v) is 5.55. The Morgan fingerprint density at radius 3 is 3.00 bits per heavy atom. The summed E-state index contributed by atoms with van der Waals surface area (Å²) in [5.41, 5.74) is 0.585. The van der Waals surface area contributed by atoms with Crippen molar-refractivity contribution in [2.45, 2.75) is 12.5 Å². The number of nitrogens with zero attached hydrogens (tertiary/aromatic N) is 1. The SMILES string of the molecule is O=C(O)C1CCOC1c1csc([N+](=O)[O-])c1. The molecule has 0 saturated carbocycles. The van der Waals surface area contributed by atoms with E-state index in [1.54, 1.807) is 5.38 Å². The van der Waals surface area contributed by atoms with Crippen LogP contribution in [-0.4, -0.2) is 22.6 Å². The van der Waals surface area contributed by atoms with Crippen LogP contribution in [0.3, 0.4) is 0 Å². The minimum atomic E-state index is -0.920. The molecule has 1 aliphatic rings. The maximum Gasteiger partial charge on any atom is 0.324 e. The van der Waals surface area contributed by atoms with Crippen LogP contribution in [0.1, 0.15) is 18.1 Å². The molecule has 1 aromatic rings. The summed E-state index contributed by atoms with van der Waals surface area (Å²) < 4.78 is 5.31. The Labute approximate surface area is 94.6 Å². The highest BCUT2D eigenvalue weighted by Gasteiger charge is 2.36. The van der Waals surface area contributed by atoms with E-state index in [-0.39, 0.29) is 5.00 Å². The van der Waals surface area contributed by atoms with Crippen LogP contribution in [0.25, 0.3) is 0 Å². The highest BCUT2D eigenvalue weighted by Crippen LogP contribution is 2.38. The van der Waals surface area contributed by atoms with Gasteiger partial charge in [0.25, 0.3) is 0 Å². The third kappa shape index (κ3) is 1.91. The lowest BCUT2D eigenvalue weighted by atomic mass is 9.97. The molecule has 1 fully saturated rings. The molecule has 0 spiro atoms. The lowest BCUT2D eigenvalue weighted by Gasteiger charge is -2.12. The summed E-state index contributed by atoms with van der Waals surface area (Å²) in [6, 6.07) is 1.39. The fourth-order valence-corrected chi connectivity index (χ4v) is 2.50. The molecule has 0 radical (unpaired) electrons. The highest BCUT2D eigenvalue weighted by molar-refractivity contribution is 7.13. The minimum Gasteiger partial charge on any atom is -0.481 e. The zero-order valence-corrected chi connectivity index (χ0v) is 8.98. The van der Waals surface area contributed by atoms with Gasteiger partial charge in [-0.3, -0.25) is 14.9 Å². The number of rotatable bonds is 3. The molecular weight excluding hydrogens is 234 g/mol. The van der Waals surface area contributed by atoms with Gasteiger partial charge in [0.15, 0.2) is 0 Å². The number of hydrogen-bond donors (Lipinski definition) is 1. The van der Waals surface area contributed by atoms with E-state index in [1.807, 2.05) is 0 Å². The van der Waals surface area contributed by atoms with Crippen molar-refractivity contribution in [3.63, 3.8) is 0 Å². The van der Waals surface area contributed by atoms with Gasteiger partial charge in [0.1, 0.15) is 0 Å². The van der Waals surface area contributed by atoms with Crippen molar-refractivity contribution in [3.8, 4) is 0 Å². The molecule has 0 bridgehead atoms. The van der Waals surface area contributed by atoms with Gasteiger partial charge in [-0.2, -0.15) is 0 Å². The molecule has 86 valence electrons. The van der Waals surface area contributed by atoms with Crippen LogP contribution in [0.4, 0.5) is 5.00 Å². The second-order valence-corrected chi connectivity index (χ2v) is 4.39. The topological polar surface area (TPSA) is 89.7 Å². The molecule has 0 aromatic carbocycles. The monoisotopic (exact) mass is 243 g/mol. The van der Waals surface area contributed by atoms with Crippen molar-refractivity contribution >= 4 is 22.3 Å². The van der Waals surface area contributed by atoms with Crippen molar-refractivity contribution in [2.75, 3.05) is 6.61 Å². The Hall–Kier alpha value is -1.47. The minimum absolute atomic E-state index is 0.00892. The summed E-state index contributed by atoms with van der Waals surface area (Å²) >= 11 is 0.986. The molecule has 2 unspecified atom stereocenters. The van der Waals surface area contributed by atoms with Gasteiger partial charge >= 0.3 is 11.0 Å². The number of carboxylic acid groups (broad SMARTS) is 1. The lowest BCUT2D eigenvalue weighted by Crippen LogP contribution is -2.16. The molecule has 1 aromatic heterocycles. The predicted molar refractivity (Wildman–Crippen MR) is 55.4 cm³/mol. The van der Waals surface area contributed by atoms with Crippen LogP contribution >= 0.6 is 11.3 Å². The zero-order chi connectivity index (χ0) is 11.7. The maximum atomic E-state index is 10.9. The number of nitro groups is 1. The van der Waals surface area contributed by atoms with Gasteiger partial charge in [0.05, 0.1) is 16.9 Å². The average molecular weight is 243 g/mol. The van der Waals surface area contributed by atoms with Crippen molar-refractivity contribution in [1.82, 2.24) is 0 Å². The largest absolute Gasteiger partial charge is 0.481 e. The summed E-state index contributed by atoms with van der Waals surface area (Å²) in [6.07, 6.45) is -0.105. The molecule has 7 heteroatoms. The van der Waals surface area contributed by atoms with Crippen LogP contribution in [0.5, 0.6) is 0 Å². The van der Waals surface area contributed by atoms with Crippen LogP contribution in [0.15, 0.2) is 11.4 Å². The van der Waals surface area contributed by atoms with Crippen LogP contribution < -0.4 is 0 Å². The Morgan fingerprint density at radius 2 is 2.44 bits per heavy atom. The highest BCUT2D eigenvalue weighted by atomic mass is 32.1. The van der Waals surface area contributed by atoms with E-state index in [0.717, 1.165) is 11.3 Å². The number of hydrogen-bond acceptors (Lipinski definition) is 5. The molecule has 0 aliphatic carbocycles. The molecule has 1 aliphatic heterocycles. The van der Waals surface area contributed by atoms with Crippen LogP contribution in [0.2, 0.25) is 0 Å². The normalized spacial score (nSPS) is 24.5. The van der Waals surface area contributed by atoms with Gasteiger partial charge in [-0.25, -0.2) is 0 Å². The third-order valence-corrected chi connectivity index (χ3v) is 3.42. The van der Waals surface area contributed by atoms with Gasteiger partial charge in [-0.1, -0.05) is 11.3 Å². The van der Waals surface area contributed by atoms with E-state index < -0.39 is 22.9 Å². The first kappa shape index (κ1) is 11.0. The van der Waals surface area contributed by atoms with Crippen LogP contribution in [-0.2, 0) is 9.53 Å². The predicted octanol–water partition coefficient (Wildman–Crippen LogP) is 1.82. The van der Waals surface area contributed by atoms with E-state index >= 15 is 0 Å². The molecule has 0 amide bonds. The summed E-state index contributed by atoms with van der Waals surface area (Å²) in [7, 11) is 0. The zero-order valence-electron chi connectivity index (χ0n) is 8.16. The van der Waals surface area contributed by atoms with Gasteiger partial charge in [0, 0.05) is 18.1 Å². The van der Waals surface area contributed by atoms with E-state index in [0.29, 0.717) is 18.6 Å². The van der Waals surface area contributed by atoms with Gasteiger partial charge in [-0.05, 0) is 12.0 Å². The molecular formula is C9H9NO5S. The third-order valence-electron chi connectivity index (χ3n) is 2.52. The van der Waals surface area contributed by atoms with Crippen LogP contribution in [0, 0.1) is 16.0 Å².